The van der Waals surface area contributed by atoms with E-state index in [0.29, 0.717) is 17.6 Å². The summed E-state index contributed by atoms with van der Waals surface area (Å²) in [5.41, 5.74) is 8.55. The number of fused-ring (bicyclic) bond motifs is 1. The monoisotopic (exact) mass is 385 g/mol. The molecule has 0 atom stereocenters. The van der Waals surface area contributed by atoms with Crippen LogP contribution in [0.1, 0.15) is 31.9 Å². The second-order valence-electron chi connectivity index (χ2n) is 7.64. The summed E-state index contributed by atoms with van der Waals surface area (Å²) in [6, 6.07) is 15.3. The van der Waals surface area contributed by atoms with Crippen LogP contribution < -0.4 is 5.73 Å². The highest BCUT2D eigenvalue weighted by Gasteiger charge is 2.26. The summed E-state index contributed by atoms with van der Waals surface area (Å²) in [6.45, 7) is 6.75. The number of nitrogens with zero attached hydrogens (tertiary/aromatic N) is 2. The molecule has 1 aromatic heterocycles. The summed E-state index contributed by atoms with van der Waals surface area (Å²) in [6.07, 6.45) is 0. The van der Waals surface area contributed by atoms with Gasteiger partial charge in [0.25, 0.3) is 0 Å². The molecule has 6 nitrogen and oxygen atoms in total. The number of amides is 1. The molecule has 1 heterocycles. The quantitative estimate of drug-likeness (QED) is 0.730. The Morgan fingerprint density at radius 2 is 1.70 bits per heavy atom. The van der Waals surface area contributed by atoms with Crippen LogP contribution >= 0.6 is 0 Å². The molecule has 1 amide bonds. The molecule has 0 aliphatic heterocycles. The fourth-order valence-corrected chi connectivity index (χ4v) is 4.23. The van der Waals surface area contributed by atoms with E-state index in [0.717, 1.165) is 5.56 Å². The zero-order valence-corrected chi connectivity index (χ0v) is 16.5. The van der Waals surface area contributed by atoms with Crippen LogP contribution in [0, 0.1) is 0 Å². The number of hydrogen-bond donors (Lipinski definition) is 1. The second-order valence-corrected chi connectivity index (χ2v) is 9.52. The van der Waals surface area contributed by atoms with Crippen molar-refractivity contribution in [3.8, 4) is 0 Å². The maximum Gasteiger partial charge on any atom is 0.233 e. The van der Waals surface area contributed by atoms with Gasteiger partial charge in [-0.05, 0) is 28.7 Å². The summed E-state index contributed by atoms with van der Waals surface area (Å²) in [7, 11) is -3.93. The number of aromatic nitrogens is 2. The first-order valence-corrected chi connectivity index (χ1v) is 10.3. The van der Waals surface area contributed by atoms with Gasteiger partial charge in [-0.25, -0.2) is 13.4 Å². The van der Waals surface area contributed by atoms with Crippen molar-refractivity contribution in [3.63, 3.8) is 0 Å². The number of imidazole rings is 1. The fourth-order valence-electron chi connectivity index (χ4n) is 2.99. The molecular weight excluding hydrogens is 362 g/mol. The molecular formula is C20H23N3O3S. The van der Waals surface area contributed by atoms with E-state index in [4.69, 9.17) is 5.73 Å². The Morgan fingerprint density at radius 1 is 1.07 bits per heavy atom. The lowest BCUT2D eigenvalue weighted by atomic mass is 9.87. The van der Waals surface area contributed by atoms with Gasteiger partial charge in [0.1, 0.15) is 5.75 Å². The first kappa shape index (κ1) is 19.1. The number of nitrogens with two attached hydrogens (primary N) is 1. The number of benzene rings is 2. The smallest absolute Gasteiger partial charge is 0.233 e. The van der Waals surface area contributed by atoms with Gasteiger partial charge < -0.3 is 10.3 Å². The third kappa shape index (κ3) is 4.03. The molecule has 3 aromatic rings. The van der Waals surface area contributed by atoms with Crippen LogP contribution in [-0.4, -0.2) is 29.6 Å². The topological polar surface area (TPSA) is 95.0 Å². The van der Waals surface area contributed by atoms with Gasteiger partial charge in [-0.1, -0.05) is 57.2 Å². The molecule has 27 heavy (non-hydrogen) atoms. The van der Waals surface area contributed by atoms with E-state index in [1.54, 1.807) is 16.7 Å². The maximum atomic E-state index is 12.6. The average Bonchev–Trinajstić information content (AvgIpc) is 2.93. The molecule has 0 fully saturated rings. The fraction of sp³-hybridized carbons (Fsp3) is 0.300. The predicted octanol–water partition coefficient (Wildman–Crippen LogP) is 2.64. The molecule has 2 aromatic carbocycles. The molecule has 3 rings (SSSR count). The minimum Gasteiger partial charge on any atom is -0.369 e. The minimum atomic E-state index is -3.93. The van der Waals surface area contributed by atoms with Gasteiger partial charge in [-0.15, -0.1) is 0 Å². The van der Waals surface area contributed by atoms with Crippen LogP contribution in [-0.2, 0) is 26.6 Å². The Kier molecular flexibility index (Phi) is 4.82. The van der Waals surface area contributed by atoms with Gasteiger partial charge in [0, 0.05) is 0 Å². The molecule has 142 valence electrons. The highest BCUT2D eigenvalue weighted by atomic mass is 32.2. The molecule has 0 aliphatic rings. The average molecular weight is 385 g/mol. The summed E-state index contributed by atoms with van der Waals surface area (Å²) in [5, 5.41) is -0.137. The highest BCUT2D eigenvalue weighted by Crippen LogP contribution is 2.25. The lowest BCUT2D eigenvalue weighted by Gasteiger charge is -2.19. The zero-order chi connectivity index (χ0) is 19.8. The standard InChI is InChI=1S/C20H23N3O3S/c1-20(2,3)15-10-8-14(9-11-15)12-23-17-7-5-4-6-16(17)22-19(23)27(25,26)13-18(21)24/h4-11H,12-13H2,1-3H3,(H2,21,24). The molecule has 0 saturated carbocycles. The van der Waals surface area contributed by atoms with Crippen LogP contribution in [0.2, 0.25) is 0 Å². The van der Waals surface area contributed by atoms with Gasteiger partial charge in [0.2, 0.25) is 20.9 Å². The Balaban J connectivity index is 2.08. The Bertz CT molecular complexity index is 1090. The molecule has 0 aliphatic carbocycles. The van der Waals surface area contributed by atoms with E-state index in [9.17, 15) is 13.2 Å². The van der Waals surface area contributed by atoms with Crippen molar-refractivity contribution in [2.24, 2.45) is 5.73 Å². The van der Waals surface area contributed by atoms with Crippen molar-refractivity contribution in [3.05, 3.63) is 59.7 Å². The first-order chi connectivity index (χ1) is 12.6. The summed E-state index contributed by atoms with van der Waals surface area (Å²) < 4.78 is 26.9. The number of carbonyl (C=O) groups excluding carboxylic acids is 1. The van der Waals surface area contributed by atoms with Crippen LogP contribution in [0.5, 0.6) is 0 Å². The van der Waals surface area contributed by atoms with E-state index in [2.05, 4.69) is 25.8 Å². The van der Waals surface area contributed by atoms with Crippen molar-refractivity contribution >= 4 is 26.8 Å². The largest absolute Gasteiger partial charge is 0.369 e. The normalized spacial score (nSPS) is 12.4. The van der Waals surface area contributed by atoms with E-state index >= 15 is 0 Å². The predicted molar refractivity (Wildman–Crippen MR) is 105 cm³/mol. The van der Waals surface area contributed by atoms with Crippen LogP contribution in [0.4, 0.5) is 0 Å². The SMILES string of the molecule is CC(C)(C)c1ccc(Cn2c(S(=O)(=O)CC(N)=O)nc3ccccc32)cc1. The third-order valence-corrected chi connectivity index (χ3v) is 5.92. The number of rotatable bonds is 5. The van der Waals surface area contributed by atoms with Crippen molar-refractivity contribution in [1.29, 1.82) is 0 Å². The van der Waals surface area contributed by atoms with Gasteiger partial charge in [0.15, 0.2) is 0 Å². The van der Waals surface area contributed by atoms with Gasteiger partial charge in [0.05, 0.1) is 17.6 Å². The molecule has 0 radical (unpaired) electrons. The highest BCUT2D eigenvalue weighted by molar-refractivity contribution is 7.92. The zero-order valence-electron chi connectivity index (χ0n) is 15.6. The van der Waals surface area contributed by atoms with Crippen molar-refractivity contribution < 1.29 is 13.2 Å². The molecule has 0 spiro atoms. The van der Waals surface area contributed by atoms with E-state index in [-0.39, 0.29) is 10.6 Å². The Labute approximate surface area is 158 Å². The number of primary amides is 1. The number of hydrogen-bond acceptors (Lipinski definition) is 4. The molecule has 0 bridgehead atoms. The third-order valence-electron chi connectivity index (χ3n) is 4.39. The van der Waals surface area contributed by atoms with Crippen molar-refractivity contribution in [2.45, 2.75) is 37.9 Å². The Morgan fingerprint density at radius 3 is 2.30 bits per heavy atom. The molecule has 0 unspecified atom stereocenters. The van der Waals surface area contributed by atoms with Gasteiger partial charge >= 0.3 is 0 Å². The van der Waals surface area contributed by atoms with Crippen LogP contribution in [0.3, 0.4) is 0 Å². The summed E-state index contributed by atoms with van der Waals surface area (Å²) >= 11 is 0. The number of para-hydroxylation sites is 2. The number of carbonyl (C=O) groups is 1. The van der Waals surface area contributed by atoms with E-state index in [1.807, 2.05) is 36.4 Å². The minimum absolute atomic E-state index is 0.0379. The lowest BCUT2D eigenvalue weighted by Crippen LogP contribution is -2.25. The second kappa shape index (κ2) is 6.81. The lowest BCUT2D eigenvalue weighted by molar-refractivity contribution is -0.115. The van der Waals surface area contributed by atoms with Crippen molar-refractivity contribution in [2.75, 3.05) is 5.75 Å². The summed E-state index contributed by atoms with van der Waals surface area (Å²) in [5.74, 6) is -1.66. The first-order valence-electron chi connectivity index (χ1n) is 8.64. The van der Waals surface area contributed by atoms with Crippen molar-refractivity contribution in [1.82, 2.24) is 9.55 Å². The van der Waals surface area contributed by atoms with E-state index < -0.39 is 21.5 Å². The molecule has 0 saturated heterocycles. The van der Waals surface area contributed by atoms with Crippen LogP contribution in [0.25, 0.3) is 11.0 Å². The maximum absolute atomic E-state index is 12.6. The van der Waals surface area contributed by atoms with E-state index in [1.165, 1.54) is 5.56 Å². The van der Waals surface area contributed by atoms with Crippen LogP contribution in [0.15, 0.2) is 53.7 Å². The van der Waals surface area contributed by atoms with Gasteiger partial charge in [-0.2, -0.15) is 0 Å². The Hall–Kier alpha value is -2.67. The van der Waals surface area contributed by atoms with Gasteiger partial charge in [-0.3, -0.25) is 4.79 Å². The number of sulfone groups is 1. The molecule has 2 N–H and O–H groups in total. The molecule has 7 heteroatoms. The summed E-state index contributed by atoms with van der Waals surface area (Å²) in [4.78, 5) is 15.5.